The highest BCUT2D eigenvalue weighted by molar-refractivity contribution is 7.99. The summed E-state index contributed by atoms with van der Waals surface area (Å²) in [6, 6.07) is 16.8. The van der Waals surface area contributed by atoms with Crippen LogP contribution in [-0.2, 0) is 29.6 Å². The summed E-state index contributed by atoms with van der Waals surface area (Å²) in [5.41, 5.74) is 1.69. The van der Waals surface area contributed by atoms with Gasteiger partial charge in [0.2, 0.25) is 11.8 Å². The van der Waals surface area contributed by atoms with E-state index in [2.05, 4.69) is 20.8 Å². The van der Waals surface area contributed by atoms with Gasteiger partial charge >= 0.3 is 0 Å². The van der Waals surface area contributed by atoms with Crippen molar-refractivity contribution in [2.24, 2.45) is 7.05 Å². The number of hydrogen-bond acceptors (Lipinski definition) is 6. The van der Waals surface area contributed by atoms with Crippen LogP contribution in [0.25, 0.3) is 0 Å². The largest absolute Gasteiger partial charge is 0.497 e. The average molecular weight is 426 g/mol. The lowest BCUT2D eigenvalue weighted by Gasteiger charge is -2.07. The molecule has 0 atom stereocenters. The summed E-state index contributed by atoms with van der Waals surface area (Å²) in [4.78, 5) is 24.4. The lowest BCUT2D eigenvalue weighted by Crippen LogP contribution is -2.24. The quantitative estimate of drug-likeness (QED) is 0.511. The van der Waals surface area contributed by atoms with Gasteiger partial charge < -0.3 is 19.9 Å². The van der Waals surface area contributed by atoms with E-state index in [0.29, 0.717) is 29.0 Å². The van der Waals surface area contributed by atoms with Crippen LogP contribution in [0.15, 0.2) is 59.8 Å². The number of amides is 2. The van der Waals surface area contributed by atoms with E-state index in [0.717, 1.165) is 5.56 Å². The summed E-state index contributed by atoms with van der Waals surface area (Å²) in [5, 5.41) is 14.4. The molecule has 0 saturated carbocycles. The van der Waals surface area contributed by atoms with E-state index in [1.807, 2.05) is 30.3 Å². The second-order valence-electron chi connectivity index (χ2n) is 6.47. The smallest absolute Gasteiger partial charge is 0.232 e. The fourth-order valence-corrected chi connectivity index (χ4v) is 3.41. The highest BCUT2D eigenvalue weighted by atomic mass is 32.2. The highest BCUT2D eigenvalue weighted by Gasteiger charge is 2.14. The van der Waals surface area contributed by atoms with Crippen LogP contribution in [-0.4, -0.2) is 39.4 Å². The summed E-state index contributed by atoms with van der Waals surface area (Å²) >= 11 is 1.28. The van der Waals surface area contributed by atoms with E-state index in [9.17, 15) is 9.59 Å². The molecule has 3 aromatic rings. The molecule has 0 aliphatic heterocycles. The maximum atomic E-state index is 12.3. The fraction of sp³-hybridized carbons (Fsp3) is 0.238. The molecule has 1 aromatic heterocycles. The number of ether oxygens (including phenoxy) is 1. The van der Waals surface area contributed by atoms with Gasteiger partial charge in [0, 0.05) is 25.3 Å². The van der Waals surface area contributed by atoms with Crippen LogP contribution in [0.5, 0.6) is 5.75 Å². The van der Waals surface area contributed by atoms with Crippen LogP contribution in [0.1, 0.15) is 11.4 Å². The monoisotopic (exact) mass is 425 g/mol. The summed E-state index contributed by atoms with van der Waals surface area (Å²) < 4.78 is 6.88. The van der Waals surface area contributed by atoms with Crippen molar-refractivity contribution >= 4 is 29.3 Å². The molecule has 0 aliphatic carbocycles. The van der Waals surface area contributed by atoms with Crippen molar-refractivity contribution in [1.82, 2.24) is 20.1 Å². The molecule has 8 nitrogen and oxygen atoms in total. The van der Waals surface area contributed by atoms with Gasteiger partial charge in [0.1, 0.15) is 11.6 Å². The van der Waals surface area contributed by atoms with Gasteiger partial charge in [-0.2, -0.15) is 0 Å². The number of rotatable bonds is 9. The first kappa shape index (κ1) is 21.4. The number of thioether (sulfide) groups is 1. The van der Waals surface area contributed by atoms with E-state index in [1.54, 1.807) is 43.0 Å². The number of methoxy groups -OCH3 is 1. The Labute approximate surface area is 179 Å². The number of hydrogen-bond donors (Lipinski definition) is 2. The van der Waals surface area contributed by atoms with Crippen LogP contribution in [0.2, 0.25) is 0 Å². The third kappa shape index (κ3) is 6.08. The van der Waals surface area contributed by atoms with Crippen LogP contribution in [0, 0.1) is 0 Å². The number of anilines is 1. The van der Waals surface area contributed by atoms with Gasteiger partial charge in [-0.1, -0.05) is 48.2 Å². The zero-order valence-electron chi connectivity index (χ0n) is 16.8. The second-order valence-corrected chi connectivity index (χ2v) is 7.41. The van der Waals surface area contributed by atoms with Gasteiger partial charge in [-0.25, -0.2) is 0 Å². The predicted molar refractivity (Wildman–Crippen MR) is 115 cm³/mol. The molecular weight excluding hydrogens is 402 g/mol. The lowest BCUT2D eigenvalue weighted by atomic mass is 10.2. The van der Waals surface area contributed by atoms with Crippen LogP contribution >= 0.6 is 11.8 Å². The molecule has 9 heteroatoms. The number of nitrogens with one attached hydrogen (secondary N) is 2. The van der Waals surface area contributed by atoms with E-state index in [1.165, 1.54) is 11.8 Å². The SMILES string of the molecule is COc1cccc(NC(=O)Cc2nnc(SCC(=O)NCc3ccccc3)n2C)c1. The molecule has 0 radical (unpaired) electrons. The molecule has 156 valence electrons. The van der Waals surface area contributed by atoms with E-state index in [4.69, 9.17) is 4.74 Å². The van der Waals surface area contributed by atoms with Gasteiger partial charge in [-0.15, -0.1) is 10.2 Å². The van der Waals surface area contributed by atoms with Crippen LogP contribution < -0.4 is 15.4 Å². The normalized spacial score (nSPS) is 10.5. The Bertz CT molecular complexity index is 1010. The predicted octanol–water partition coefficient (Wildman–Crippen LogP) is 2.41. The van der Waals surface area contributed by atoms with Gasteiger partial charge in [-0.05, 0) is 17.7 Å². The highest BCUT2D eigenvalue weighted by Crippen LogP contribution is 2.18. The topological polar surface area (TPSA) is 98.1 Å². The molecule has 2 amide bonds. The summed E-state index contributed by atoms with van der Waals surface area (Å²) in [5.74, 6) is 1.09. The zero-order valence-corrected chi connectivity index (χ0v) is 17.6. The third-order valence-electron chi connectivity index (χ3n) is 4.26. The average Bonchev–Trinajstić information content (AvgIpc) is 3.10. The Morgan fingerprint density at radius 2 is 1.87 bits per heavy atom. The minimum Gasteiger partial charge on any atom is -0.497 e. The molecule has 1 heterocycles. The molecule has 0 bridgehead atoms. The first-order valence-electron chi connectivity index (χ1n) is 9.30. The Hall–Kier alpha value is -3.33. The maximum Gasteiger partial charge on any atom is 0.232 e. The Kier molecular flexibility index (Phi) is 7.45. The molecule has 0 fully saturated rings. The van der Waals surface area contributed by atoms with Crippen molar-refractivity contribution in [3.63, 3.8) is 0 Å². The second kappa shape index (κ2) is 10.4. The molecule has 0 unspecified atom stereocenters. The van der Waals surface area contributed by atoms with Gasteiger partial charge in [0.15, 0.2) is 5.16 Å². The number of carbonyl (C=O) groups excluding carboxylic acids is 2. The lowest BCUT2D eigenvalue weighted by molar-refractivity contribution is -0.118. The van der Waals surface area contributed by atoms with Crippen molar-refractivity contribution in [3.8, 4) is 5.75 Å². The fourth-order valence-electron chi connectivity index (χ4n) is 2.65. The maximum absolute atomic E-state index is 12.3. The Balaban J connectivity index is 1.48. The Morgan fingerprint density at radius 1 is 1.07 bits per heavy atom. The first-order chi connectivity index (χ1) is 14.5. The molecular formula is C21H23N5O3S. The van der Waals surface area contributed by atoms with Crippen LogP contribution in [0.3, 0.4) is 0 Å². The van der Waals surface area contributed by atoms with Crippen molar-refractivity contribution in [2.75, 3.05) is 18.2 Å². The van der Waals surface area contributed by atoms with Crippen LogP contribution in [0.4, 0.5) is 5.69 Å². The molecule has 0 saturated heterocycles. The van der Waals surface area contributed by atoms with Gasteiger partial charge in [0.05, 0.1) is 19.3 Å². The Morgan fingerprint density at radius 3 is 2.63 bits per heavy atom. The molecule has 2 N–H and O–H groups in total. The van der Waals surface area contributed by atoms with Crippen molar-refractivity contribution in [1.29, 1.82) is 0 Å². The molecule has 2 aromatic carbocycles. The van der Waals surface area contributed by atoms with E-state index in [-0.39, 0.29) is 24.0 Å². The molecule has 0 aliphatic rings. The van der Waals surface area contributed by atoms with Gasteiger partial charge in [-0.3, -0.25) is 9.59 Å². The zero-order chi connectivity index (χ0) is 21.3. The number of carbonyl (C=O) groups is 2. The van der Waals surface area contributed by atoms with Crippen molar-refractivity contribution in [3.05, 3.63) is 66.0 Å². The van der Waals surface area contributed by atoms with Crippen molar-refractivity contribution < 1.29 is 14.3 Å². The minimum atomic E-state index is -0.212. The third-order valence-corrected chi connectivity index (χ3v) is 5.28. The standard InChI is InChI=1S/C21H23N5O3S/c1-26-18(12-19(27)23-16-9-6-10-17(11-16)29-2)24-25-21(26)30-14-20(28)22-13-15-7-4-3-5-8-15/h3-11H,12-14H2,1-2H3,(H,22,28)(H,23,27). The van der Waals surface area contributed by atoms with Crippen molar-refractivity contribution in [2.45, 2.75) is 18.1 Å². The van der Waals surface area contributed by atoms with Gasteiger partial charge in [0.25, 0.3) is 0 Å². The molecule has 0 spiro atoms. The molecule has 30 heavy (non-hydrogen) atoms. The van der Waals surface area contributed by atoms with E-state index >= 15 is 0 Å². The summed E-state index contributed by atoms with van der Waals surface area (Å²) in [7, 11) is 3.35. The number of nitrogens with zero attached hydrogens (tertiary/aromatic N) is 3. The van der Waals surface area contributed by atoms with E-state index < -0.39 is 0 Å². The number of aromatic nitrogens is 3. The molecule has 3 rings (SSSR count). The summed E-state index contributed by atoms with van der Waals surface area (Å²) in [6.07, 6.45) is 0.0709. The number of benzene rings is 2. The summed E-state index contributed by atoms with van der Waals surface area (Å²) in [6.45, 7) is 0.481. The minimum absolute atomic E-state index is 0.0709. The first-order valence-corrected chi connectivity index (χ1v) is 10.3.